The number of rotatable bonds is 7. The van der Waals surface area contributed by atoms with Gasteiger partial charge < -0.3 is 10.1 Å². The second-order valence-corrected chi connectivity index (χ2v) is 11.1. The topological polar surface area (TPSA) is 75.7 Å². The van der Waals surface area contributed by atoms with E-state index >= 15 is 0 Å². The molecule has 1 saturated carbocycles. The summed E-state index contributed by atoms with van der Waals surface area (Å²) in [5.74, 6) is -1.38. The highest BCUT2D eigenvalue weighted by atomic mass is 127. The number of aromatic nitrogens is 1. The molecule has 0 spiro atoms. The molecule has 2 N–H and O–H groups in total. The maximum absolute atomic E-state index is 14.3. The van der Waals surface area contributed by atoms with Crippen molar-refractivity contribution in [2.45, 2.75) is 67.2 Å². The zero-order valence-electron chi connectivity index (χ0n) is 17.9. The lowest BCUT2D eigenvalue weighted by molar-refractivity contribution is -0.199. The average Bonchev–Trinajstić information content (AvgIpc) is 3.45. The molecule has 0 radical (unpaired) electrons. The standard InChI is InChI=1S/C22H29ClFIN4O3/c23-17-11-15(12-18(24)21(30)28-32-19-5-1-4-10-31-19)13-26-20(17)27-16-6-9-29(14-16)22(25)7-2-3-8-22/h11-13,16,19H,1-10,14H2,(H,26,27)(H,28,30)/t16-,19?/m1/s1. The molecule has 1 aliphatic carbocycles. The Bertz CT molecular complexity index is 846. The first-order chi connectivity index (χ1) is 15.4. The summed E-state index contributed by atoms with van der Waals surface area (Å²) in [5.41, 5.74) is 2.49. The SMILES string of the molecule is O=C(NOC1CCCCO1)C(F)=Cc1cnc(N[C@@H]2CCN(C3(I)CCCC3)C2)c(Cl)c1. The Labute approximate surface area is 206 Å². The van der Waals surface area contributed by atoms with E-state index in [1.54, 1.807) is 6.07 Å². The van der Waals surface area contributed by atoms with Crippen LogP contribution in [0.5, 0.6) is 0 Å². The van der Waals surface area contributed by atoms with Crippen molar-refractivity contribution >= 4 is 52.0 Å². The second kappa shape index (κ2) is 10.9. The number of halogens is 3. The number of ether oxygens (including phenoxy) is 1. The number of carbonyl (C=O) groups excluding carboxylic acids is 1. The van der Waals surface area contributed by atoms with Gasteiger partial charge in [-0.2, -0.15) is 0 Å². The van der Waals surface area contributed by atoms with E-state index in [4.69, 9.17) is 21.2 Å². The third kappa shape index (κ3) is 6.11. The minimum absolute atomic E-state index is 0.273. The molecule has 3 aliphatic rings. The van der Waals surface area contributed by atoms with Gasteiger partial charge in [0.25, 0.3) is 0 Å². The van der Waals surface area contributed by atoms with Gasteiger partial charge in [0, 0.05) is 38.4 Å². The number of hydroxylamine groups is 1. The maximum atomic E-state index is 14.3. The summed E-state index contributed by atoms with van der Waals surface area (Å²) in [6.45, 7) is 2.59. The molecule has 2 aliphatic heterocycles. The summed E-state index contributed by atoms with van der Waals surface area (Å²) < 4.78 is 19.9. The highest BCUT2D eigenvalue weighted by molar-refractivity contribution is 14.1. The zero-order chi connectivity index (χ0) is 22.6. The van der Waals surface area contributed by atoms with Crippen molar-refractivity contribution in [1.29, 1.82) is 0 Å². The van der Waals surface area contributed by atoms with Crippen molar-refractivity contribution in [2.75, 3.05) is 25.0 Å². The molecule has 0 aromatic carbocycles. The number of pyridine rings is 1. The van der Waals surface area contributed by atoms with Gasteiger partial charge in [-0.15, -0.1) is 0 Å². The number of amides is 1. The molecule has 3 fully saturated rings. The quantitative estimate of drug-likeness (QED) is 0.159. The fourth-order valence-corrected chi connectivity index (χ4v) is 5.92. The summed E-state index contributed by atoms with van der Waals surface area (Å²) in [5, 5.41) is 3.82. The third-order valence-electron chi connectivity index (χ3n) is 6.26. The van der Waals surface area contributed by atoms with E-state index in [2.05, 4.69) is 43.3 Å². The molecule has 1 aromatic rings. The Kier molecular flexibility index (Phi) is 8.25. The average molecular weight is 579 g/mol. The smallest absolute Gasteiger partial charge is 0.303 e. The van der Waals surface area contributed by atoms with Gasteiger partial charge >= 0.3 is 5.91 Å². The van der Waals surface area contributed by atoms with Gasteiger partial charge in [-0.1, -0.05) is 47.0 Å². The van der Waals surface area contributed by atoms with Gasteiger partial charge in [0.05, 0.1) is 8.57 Å². The highest BCUT2D eigenvalue weighted by Crippen LogP contribution is 2.42. The summed E-state index contributed by atoms with van der Waals surface area (Å²) in [6.07, 6.45) is 10.7. The number of hydrogen-bond donors (Lipinski definition) is 2. The number of anilines is 1. The van der Waals surface area contributed by atoms with Crippen molar-refractivity contribution in [1.82, 2.24) is 15.4 Å². The van der Waals surface area contributed by atoms with Crippen LogP contribution in [0.15, 0.2) is 18.1 Å². The van der Waals surface area contributed by atoms with Crippen LogP contribution in [0.25, 0.3) is 6.08 Å². The molecule has 32 heavy (non-hydrogen) atoms. The molecular weight excluding hydrogens is 550 g/mol. The second-order valence-electron chi connectivity index (χ2n) is 8.64. The molecule has 1 unspecified atom stereocenters. The lowest BCUT2D eigenvalue weighted by Crippen LogP contribution is -2.41. The van der Waals surface area contributed by atoms with E-state index in [1.165, 1.54) is 31.9 Å². The van der Waals surface area contributed by atoms with E-state index in [-0.39, 0.29) is 9.59 Å². The normalized spacial score (nSPS) is 26.3. The van der Waals surface area contributed by atoms with Crippen LogP contribution in [0.3, 0.4) is 0 Å². The molecule has 176 valence electrons. The van der Waals surface area contributed by atoms with Crippen molar-refractivity contribution in [2.24, 2.45) is 0 Å². The monoisotopic (exact) mass is 578 g/mol. The number of carbonyl (C=O) groups is 1. The molecule has 1 amide bonds. The maximum Gasteiger partial charge on any atom is 0.303 e. The van der Waals surface area contributed by atoms with Crippen molar-refractivity contribution in [3.05, 3.63) is 28.7 Å². The van der Waals surface area contributed by atoms with Crippen LogP contribution < -0.4 is 10.8 Å². The fraction of sp³-hybridized carbons (Fsp3) is 0.636. The Morgan fingerprint density at radius 1 is 1.34 bits per heavy atom. The largest absolute Gasteiger partial charge is 0.365 e. The molecule has 7 nitrogen and oxygen atoms in total. The van der Waals surface area contributed by atoms with Gasteiger partial charge in [-0.05, 0) is 49.8 Å². The molecule has 2 saturated heterocycles. The first-order valence-corrected chi connectivity index (χ1v) is 12.7. The molecule has 1 aromatic heterocycles. The van der Waals surface area contributed by atoms with Crippen LogP contribution >= 0.6 is 34.2 Å². The Balaban J connectivity index is 1.30. The van der Waals surface area contributed by atoms with Gasteiger partial charge in [-0.3, -0.25) is 9.69 Å². The van der Waals surface area contributed by atoms with Gasteiger partial charge in [-0.25, -0.2) is 19.7 Å². The number of nitrogens with zero attached hydrogens (tertiary/aromatic N) is 2. The van der Waals surface area contributed by atoms with Crippen LogP contribution in [-0.2, 0) is 14.4 Å². The number of likely N-dealkylation sites (tertiary alicyclic amines) is 1. The number of alkyl halides is 1. The molecule has 3 heterocycles. The van der Waals surface area contributed by atoms with Crippen molar-refractivity contribution < 1.29 is 18.8 Å². The van der Waals surface area contributed by atoms with Gasteiger partial charge in [0.1, 0.15) is 5.82 Å². The van der Waals surface area contributed by atoms with Crippen LogP contribution in [0, 0.1) is 0 Å². The first kappa shape index (κ1) is 24.1. The molecular formula is C22H29ClFIN4O3. The lowest BCUT2D eigenvalue weighted by Gasteiger charge is -2.33. The Morgan fingerprint density at radius 2 is 2.16 bits per heavy atom. The van der Waals surface area contributed by atoms with E-state index in [1.807, 2.05) is 0 Å². The van der Waals surface area contributed by atoms with E-state index < -0.39 is 18.0 Å². The van der Waals surface area contributed by atoms with Crippen molar-refractivity contribution in [3.63, 3.8) is 0 Å². The summed E-state index contributed by atoms with van der Waals surface area (Å²) in [7, 11) is 0. The van der Waals surface area contributed by atoms with Crippen LogP contribution in [0.1, 0.15) is 56.9 Å². The summed E-state index contributed by atoms with van der Waals surface area (Å²) in [4.78, 5) is 24.0. The fourth-order valence-electron chi connectivity index (χ4n) is 4.49. The molecule has 0 bridgehead atoms. The Hall–Kier alpha value is -1.01. The van der Waals surface area contributed by atoms with Crippen LogP contribution in [-0.4, -0.2) is 51.4 Å². The molecule has 10 heteroatoms. The zero-order valence-corrected chi connectivity index (χ0v) is 20.8. The minimum atomic E-state index is -0.991. The number of hydrogen-bond acceptors (Lipinski definition) is 6. The third-order valence-corrected chi connectivity index (χ3v) is 8.31. The highest BCUT2D eigenvalue weighted by Gasteiger charge is 2.40. The predicted octanol–water partition coefficient (Wildman–Crippen LogP) is 4.81. The Morgan fingerprint density at radius 3 is 2.88 bits per heavy atom. The van der Waals surface area contributed by atoms with Crippen LogP contribution in [0.2, 0.25) is 5.02 Å². The minimum Gasteiger partial charge on any atom is -0.365 e. The molecule has 2 atom stereocenters. The van der Waals surface area contributed by atoms with E-state index in [0.717, 1.165) is 38.4 Å². The first-order valence-electron chi connectivity index (χ1n) is 11.2. The van der Waals surface area contributed by atoms with Crippen molar-refractivity contribution in [3.8, 4) is 0 Å². The molecule has 4 rings (SSSR count). The van der Waals surface area contributed by atoms with Crippen LogP contribution in [0.4, 0.5) is 10.2 Å². The van der Waals surface area contributed by atoms with E-state index in [9.17, 15) is 9.18 Å². The number of nitrogens with one attached hydrogen (secondary N) is 2. The van der Waals surface area contributed by atoms with Gasteiger partial charge in [0.2, 0.25) is 0 Å². The lowest BCUT2D eigenvalue weighted by atomic mass is 10.2. The van der Waals surface area contributed by atoms with Gasteiger partial charge in [0.15, 0.2) is 12.1 Å². The predicted molar refractivity (Wildman–Crippen MR) is 130 cm³/mol. The summed E-state index contributed by atoms with van der Waals surface area (Å²) >= 11 is 9.01. The van der Waals surface area contributed by atoms with E-state index in [0.29, 0.717) is 29.4 Å². The summed E-state index contributed by atoms with van der Waals surface area (Å²) in [6, 6.07) is 1.87.